The van der Waals surface area contributed by atoms with Crippen molar-refractivity contribution in [2.45, 2.75) is 49.5 Å². The smallest absolute Gasteiger partial charge is 0.351 e. The van der Waals surface area contributed by atoms with Gasteiger partial charge in [-0.25, -0.2) is 4.79 Å². The van der Waals surface area contributed by atoms with Crippen LogP contribution in [0, 0.1) is 0 Å². The van der Waals surface area contributed by atoms with Gasteiger partial charge in [0.05, 0.1) is 25.5 Å². The molecule has 16 heteroatoms. The first-order valence-electron chi connectivity index (χ1n) is 9.44. The molecule has 0 saturated carbocycles. The zero-order valence-electron chi connectivity index (χ0n) is 16.9. The number of aromatic nitrogens is 2. The van der Waals surface area contributed by atoms with Crippen LogP contribution in [0.5, 0.6) is 0 Å². The summed E-state index contributed by atoms with van der Waals surface area (Å²) < 4.78 is 11.2. The molecule has 1 aliphatic heterocycles. The number of aliphatic hydroxyl groups is 2. The van der Waals surface area contributed by atoms with Gasteiger partial charge in [0.1, 0.15) is 24.1 Å². The molecule has 1 fully saturated rings. The Labute approximate surface area is 184 Å². The third-order valence-electron chi connectivity index (χ3n) is 4.55. The van der Waals surface area contributed by atoms with Crippen LogP contribution in [0.4, 0.5) is 5.82 Å². The summed E-state index contributed by atoms with van der Waals surface area (Å²) in [6.07, 6.45) is -6.08. The molecule has 0 bridgehead atoms. The first-order valence-corrected chi connectivity index (χ1v) is 9.44. The maximum Gasteiger partial charge on any atom is 0.351 e. The minimum absolute atomic E-state index is 0.251. The molecule has 33 heavy (non-hydrogen) atoms. The number of nitrogens with two attached hydrogens (primary N) is 2. The normalized spacial score (nSPS) is 24.0. The summed E-state index contributed by atoms with van der Waals surface area (Å²) >= 11 is 0. The summed E-state index contributed by atoms with van der Waals surface area (Å²) in [5.41, 5.74) is 9.67. The number of aliphatic carboxylic acids is 2. The molecule has 0 unspecified atom stereocenters. The molecule has 6 atom stereocenters. The van der Waals surface area contributed by atoms with Gasteiger partial charge < -0.3 is 46.7 Å². The summed E-state index contributed by atoms with van der Waals surface area (Å²) in [7, 11) is 0. The molecule has 16 nitrogen and oxygen atoms in total. The molecule has 1 aliphatic rings. The van der Waals surface area contributed by atoms with E-state index in [-0.39, 0.29) is 5.82 Å². The zero-order chi connectivity index (χ0) is 24.9. The summed E-state index contributed by atoms with van der Waals surface area (Å²) in [6, 6.07) is -1.79. The quantitative estimate of drug-likeness (QED) is 0.159. The molecule has 2 heterocycles. The molecular formula is C17H23N5O11. The lowest BCUT2D eigenvalue weighted by atomic mass is 10.1. The van der Waals surface area contributed by atoms with Crippen molar-refractivity contribution >= 4 is 29.6 Å². The summed E-state index contributed by atoms with van der Waals surface area (Å²) in [5.74, 6) is -4.96. The van der Waals surface area contributed by atoms with Crippen molar-refractivity contribution < 1.29 is 49.1 Å². The van der Waals surface area contributed by atoms with Gasteiger partial charge in [-0.2, -0.15) is 4.98 Å². The highest BCUT2D eigenvalue weighted by molar-refractivity contribution is 5.95. The monoisotopic (exact) mass is 473 g/mol. The number of amides is 1. The van der Waals surface area contributed by atoms with Gasteiger partial charge in [0.2, 0.25) is 5.91 Å². The van der Waals surface area contributed by atoms with E-state index in [4.69, 9.17) is 31.2 Å². The molecule has 0 spiro atoms. The predicted molar refractivity (Wildman–Crippen MR) is 104 cm³/mol. The van der Waals surface area contributed by atoms with Crippen LogP contribution in [-0.2, 0) is 28.7 Å². The number of carbonyl (C=O) groups excluding carboxylic acids is 2. The van der Waals surface area contributed by atoms with Gasteiger partial charge in [0.25, 0.3) is 0 Å². The highest BCUT2D eigenvalue weighted by Gasteiger charge is 2.47. The number of carboxylic acid groups (broad SMARTS) is 2. The lowest BCUT2D eigenvalue weighted by Crippen LogP contribution is -2.41. The molecule has 182 valence electrons. The van der Waals surface area contributed by atoms with Crippen molar-refractivity contribution in [3.05, 3.63) is 22.7 Å². The van der Waals surface area contributed by atoms with Crippen molar-refractivity contribution in [3.8, 4) is 0 Å². The first kappa shape index (κ1) is 25.8. The first-order chi connectivity index (χ1) is 15.4. The second-order valence-corrected chi connectivity index (χ2v) is 7.04. The van der Waals surface area contributed by atoms with E-state index in [1.807, 2.05) is 0 Å². The Morgan fingerprint density at radius 3 is 2.42 bits per heavy atom. The zero-order valence-corrected chi connectivity index (χ0v) is 16.9. The fourth-order valence-corrected chi connectivity index (χ4v) is 2.88. The number of hydrogen-bond acceptors (Lipinski definition) is 12. The lowest BCUT2D eigenvalue weighted by Gasteiger charge is -2.20. The van der Waals surface area contributed by atoms with Gasteiger partial charge in [-0.05, 0) is 6.07 Å². The molecule has 0 aliphatic carbocycles. The largest absolute Gasteiger partial charge is 0.481 e. The third kappa shape index (κ3) is 6.53. The van der Waals surface area contributed by atoms with E-state index in [0.29, 0.717) is 0 Å². The summed E-state index contributed by atoms with van der Waals surface area (Å²) in [4.78, 5) is 61.1. The topological polar surface area (TPSA) is 267 Å². The lowest BCUT2D eigenvalue weighted by molar-refractivity contribution is -0.159. The number of ether oxygens (including phenoxy) is 2. The standard InChI is InChI=1S/C17H23N5O11/c18-6(3-10(24)25)14(28)20-9-1-2-22(17(31)21-9)15-12(27)13(8(5-23)32-15)33-11(26)4-7(19)16(29)30/h1-2,6-8,12-13,15,23,27H,3-5,18-19H2,(H,24,25)(H,29,30)(H,20,21,28,31)/t6-,7-,8+,12-,13+,15+/m0/s1. The van der Waals surface area contributed by atoms with Crippen LogP contribution in [0.2, 0.25) is 0 Å². The van der Waals surface area contributed by atoms with Gasteiger partial charge in [-0.1, -0.05) is 0 Å². The fourth-order valence-electron chi connectivity index (χ4n) is 2.88. The van der Waals surface area contributed by atoms with E-state index in [2.05, 4.69) is 10.3 Å². The minimum atomic E-state index is -1.66. The van der Waals surface area contributed by atoms with Gasteiger partial charge in [0, 0.05) is 6.20 Å². The van der Waals surface area contributed by atoms with Crippen LogP contribution in [0.3, 0.4) is 0 Å². The maximum absolute atomic E-state index is 12.4. The van der Waals surface area contributed by atoms with Gasteiger partial charge in [0.15, 0.2) is 12.3 Å². The Balaban J connectivity index is 2.12. The van der Waals surface area contributed by atoms with Gasteiger partial charge in [-0.3, -0.25) is 23.7 Å². The molecule has 1 aromatic rings. The highest BCUT2D eigenvalue weighted by Crippen LogP contribution is 2.30. The highest BCUT2D eigenvalue weighted by atomic mass is 16.6. The molecule has 9 N–H and O–H groups in total. The van der Waals surface area contributed by atoms with Crippen LogP contribution in [0.15, 0.2) is 17.1 Å². The van der Waals surface area contributed by atoms with Crippen LogP contribution in [0.1, 0.15) is 19.1 Å². The number of aliphatic hydroxyl groups excluding tert-OH is 2. The van der Waals surface area contributed by atoms with Gasteiger partial charge >= 0.3 is 23.6 Å². The Morgan fingerprint density at radius 1 is 1.21 bits per heavy atom. The molecule has 2 rings (SSSR count). The van der Waals surface area contributed by atoms with E-state index in [1.54, 1.807) is 0 Å². The van der Waals surface area contributed by atoms with E-state index in [1.165, 1.54) is 0 Å². The molecule has 0 aromatic carbocycles. The van der Waals surface area contributed by atoms with Crippen molar-refractivity contribution in [1.29, 1.82) is 0 Å². The molecular weight excluding hydrogens is 450 g/mol. The molecule has 1 amide bonds. The average molecular weight is 473 g/mol. The van der Waals surface area contributed by atoms with Crippen molar-refractivity contribution in [2.75, 3.05) is 11.9 Å². The third-order valence-corrected chi connectivity index (χ3v) is 4.55. The number of esters is 1. The number of carboxylic acids is 2. The van der Waals surface area contributed by atoms with Crippen molar-refractivity contribution in [3.63, 3.8) is 0 Å². The fraction of sp³-hybridized carbons (Fsp3) is 0.529. The van der Waals surface area contributed by atoms with Crippen LogP contribution >= 0.6 is 0 Å². The van der Waals surface area contributed by atoms with E-state index < -0.39 is 85.6 Å². The van der Waals surface area contributed by atoms with Crippen LogP contribution < -0.4 is 22.5 Å². The van der Waals surface area contributed by atoms with Crippen molar-refractivity contribution in [1.82, 2.24) is 9.55 Å². The Kier molecular flexibility index (Phi) is 8.55. The number of hydrogen-bond donors (Lipinski definition) is 7. The second kappa shape index (κ2) is 10.9. The second-order valence-electron chi connectivity index (χ2n) is 7.04. The van der Waals surface area contributed by atoms with Crippen LogP contribution in [-0.4, -0.2) is 90.8 Å². The van der Waals surface area contributed by atoms with E-state index in [0.717, 1.165) is 16.8 Å². The summed E-state index contributed by atoms with van der Waals surface area (Å²) in [5, 5.41) is 39.6. The molecule has 0 radical (unpaired) electrons. The molecule has 1 aromatic heterocycles. The SMILES string of the molecule is N[C@@H](CC(=O)O[C@H]1[C@H](O)[C@H](n2ccc(NC(=O)[C@@H](N)CC(=O)O)nc2=O)O[C@@H]1CO)C(=O)O. The number of carbonyl (C=O) groups is 4. The number of anilines is 1. The number of nitrogens with zero attached hydrogens (tertiary/aromatic N) is 2. The van der Waals surface area contributed by atoms with E-state index in [9.17, 15) is 34.2 Å². The predicted octanol–water partition coefficient (Wildman–Crippen LogP) is -4.05. The average Bonchev–Trinajstić information content (AvgIpc) is 3.02. The van der Waals surface area contributed by atoms with Crippen LogP contribution in [0.25, 0.3) is 0 Å². The molecule has 1 saturated heterocycles. The van der Waals surface area contributed by atoms with Gasteiger partial charge in [-0.15, -0.1) is 0 Å². The Bertz CT molecular complexity index is 967. The number of rotatable bonds is 10. The van der Waals surface area contributed by atoms with E-state index >= 15 is 0 Å². The Hall–Kier alpha value is -3.44. The minimum Gasteiger partial charge on any atom is -0.481 e. The number of nitrogens with one attached hydrogen (secondary N) is 1. The maximum atomic E-state index is 12.4. The Morgan fingerprint density at radius 2 is 1.88 bits per heavy atom. The van der Waals surface area contributed by atoms with Crippen molar-refractivity contribution in [2.24, 2.45) is 11.5 Å². The summed E-state index contributed by atoms with van der Waals surface area (Å²) in [6.45, 7) is -0.714.